The van der Waals surface area contributed by atoms with Crippen LogP contribution in [-0.4, -0.2) is 55.1 Å². The minimum atomic E-state index is 0.185. The number of para-hydroxylation sites is 1. The second kappa shape index (κ2) is 8.61. The van der Waals surface area contributed by atoms with E-state index in [9.17, 15) is 4.79 Å². The van der Waals surface area contributed by atoms with Crippen molar-refractivity contribution in [2.45, 2.75) is 32.4 Å². The van der Waals surface area contributed by atoms with Crippen LogP contribution in [0.25, 0.3) is 10.9 Å². The summed E-state index contributed by atoms with van der Waals surface area (Å²) in [7, 11) is 4.14. The number of hydrogen-bond acceptors (Lipinski definition) is 4. The van der Waals surface area contributed by atoms with Gasteiger partial charge in [0.05, 0.1) is 0 Å². The van der Waals surface area contributed by atoms with Gasteiger partial charge in [0.15, 0.2) is 5.43 Å². The van der Waals surface area contributed by atoms with Gasteiger partial charge in [-0.1, -0.05) is 18.6 Å². The number of aromatic amines is 1. The lowest BCUT2D eigenvalue weighted by Gasteiger charge is -2.27. The van der Waals surface area contributed by atoms with E-state index in [0.717, 1.165) is 54.9 Å². The first-order chi connectivity index (χ1) is 12.1. The van der Waals surface area contributed by atoms with Crippen LogP contribution in [0.3, 0.4) is 0 Å². The highest BCUT2D eigenvalue weighted by molar-refractivity contribution is 5.79. The molecule has 1 saturated heterocycles. The van der Waals surface area contributed by atoms with Crippen molar-refractivity contribution in [3.05, 3.63) is 45.7 Å². The summed E-state index contributed by atoms with van der Waals surface area (Å²) in [5.41, 5.74) is 3.08. The van der Waals surface area contributed by atoms with Crippen LogP contribution in [0.4, 0.5) is 0 Å². The number of aromatic nitrogens is 1. The molecule has 2 N–H and O–H groups in total. The van der Waals surface area contributed by atoms with E-state index in [1.165, 1.54) is 19.3 Å². The van der Waals surface area contributed by atoms with Crippen molar-refractivity contribution in [1.82, 2.24) is 20.1 Å². The number of likely N-dealkylation sites (N-methyl/N-ethyl adjacent to an activating group) is 1. The Hall–Kier alpha value is -1.69. The number of H-pyrrole nitrogens is 1. The fourth-order valence-corrected chi connectivity index (χ4v) is 3.50. The first kappa shape index (κ1) is 18.1. The molecule has 0 amide bonds. The molecular weight excluding hydrogens is 312 g/mol. The van der Waals surface area contributed by atoms with E-state index < -0.39 is 0 Å². The molecule has 5 heteroatoms. The summed E-state index contributed by atoms with van der Waals surface area (Å²) in [6, 6.07) is 7.84. The molecule has 1 aromatic heterocycles. The van der Waals surface area contributed by atoms with E-state index in [1.54, 1.807) is 0 Å². The number of likely N-dealkylation sites (tertiary alicyclic amines) is 1. The number of fused-ring (bicyclic) bond motifs is 1. The van der Waals surface area contributed by atoms with Crippen molar-refractivity contribution < 1.29 is 0 Å². The summed E-state index contributed by atoms with van der Waals surface area (Å²) in [6.45, 7) is 5.55. The topological polar surface area (TPSA) is 51.4 Å². The molecule has 0 unspecified atom stereocenters. The zero-order chi connectivity index (χ0) is 17.6. The monoisotopic (exact) mass is 342 g/mol. The normalized spacial score (nSPS) is 16.0. The Labute approximate surface area is 150 Å². The number of pyridine rings is 1. The third-order valence-corrected chi connectivity index (χ3v) is 4.96. The zero-order valence-corrected chi connectivity index (χ0v) is 15.5. The molecule has 25 heavy (non-hydrogen) atoms. The van der Waals surface area contributed by atoms with Gasteiger partial charge in [0, 0.05) is 48.3 Å². The van der Waals surface area contributed by atoms with Crippen molar-refractivity contribution in [3.8, 4) is 0 Å². The zero-order valence-electron chi connectivity index (χ0n) is 15.5. The van der Waals surface area contributed by atoms with E-state index in [0.29, 0.717) is 6.54 Å². The molecule has 5 nitrogen and oxygen atoms in total. The molecule has 0 bridgehead atoms. The second-order valence-electron chi connectivity index (χ2n) is 7.27. The third kappa shape index (κ3) is 4.69. The van der Waals surface area contributed by atoms with Crippen LogP contribution in [0, 0.1) is 0 Å². The summed E-state index contributed by atoms with van der Waals surface area (Å²) in [4.78, 5) is 21.2. The highest BCUT2D eigenvalue weighted by Gasteiger charge is 2.17. The third-order valence-electron chi connectivity index (χ3n) is 4.96. The van der Waals surface area contributed by atoms with E-state index in [-0.39, 0.29) is 5.43 Å². The molecule has 1 aliphatic heterocycles. The Morgan fingerprint density at radius 3 is 2.68 bits per heavy atom. The smallest absolute Gasteiger partial charge is 0.194 e. The number of nitrogens with zero attached hydrogens (tertiary/aromatic N) is 2. The molecule has 3 rings (SSSR count). The molecule has 0 saturated carbocycles. The van der Waals surface area contributed by atoms with Crippen LogP contribution < -0.4 is 10.7 Å². The lowest BCUT2D eigenvalue weighted by molar-refractivity contribution is 0.219. The SMILES string of the molecule is CN(C)CCNCc1[nH]c2ccccc2c(=O)c1CN1CCCCC1. The number of benzene rings is 1. The fourth-order valence-electron chi connectivity index (χ4n) is 3.50. The summed E-state index contributed by atoms with van der Waals surface area (Å²) in [6.07, 6.45) is 3.79. The molecule has 0 spiro atoms. The first-order valence-corrected chi connectivity index (χ1v) is 9.36. The van der Waals surface area contributed by atoms with E-state index in [1.807, 2.05) is 24.3 Å². The maximum atomic E-state index is 13.1. The Bertz CT molecular complexity index is 747. The molecule has 136 valence electrons. The molecule has 1 aromatic carbocycles. The van der Waals surface area contributed by atoms with Crippen molar-refractivity contribution in [2.75, 3.05) is 40.3 Å². The van der Waals surface area contributed by atoms with Crippen LogP contribution in [-0.2, 0) is 13.1 Å². The Balaban J connectivity index is 1.85. The van der Waals surface area contributed by atoms with Gasteiger partial charge in [-0.2, -0.15) is 0 Å². The molecule has 1 fully saturated rings. The van der Waals surface area contributed by atoms with Gasteiger partial charge in [0.25, 0.3) is 0 Å². The van der Waals surface area contributed by atoms with E-state index >= 15 is 0 Å². The predicted octanol–water partition coefficient (Wildman–Crippen LogP) is 2.17. The lowest BCUT2D eigenvalue weighted by Crippen LogP contribution is -2.33. The van der Waals surface area contributed by atoms with Crippen LogP contribution in [0.2, 0.25) is 0 Å². The molecule has 0 aliphatic carbocycles. The van der Waals surface area contributed by atoms with Crippen molar-refractivity contribution in [1.29, 1.82) is 0 Å². The molecule has 0 atom stereocenters. The first-order valence-electron chi connectivity index (χ1n) is 9.36. The van der Waals surface area contributed by atoms with Gasteiger partial charge in [0.1, 0.15) is 0 Å². The number of rotatable bonds is 7. The average molecular weight is 342 g/mol. The Morgan fingerprint density at radius 2 is 1.92 bits per heavy atom. The van der Waals surface area contributed by atoms with Gasteiger partial charge < -0.3 is 15.2 Å². The standard InChI is InChI=1S/C20H30N4O/c1-23(2)13-10-21-14-19-17(15-24-11-6-3-7-12-24)20(25)16-8-4-5-9-18(16)22-19/h4-5,8-9,21H,3,6-7,10-15H2,1-2H3,(H,22,25). The van der Waals surface area contributed by atoms with Gasteiger partial charge in [-0.3, -0.25) is 9.69 Å². The molecule has 1 aliphatic rings. The predicted molar refractivity (Wildman–Crippen MR) is 104 cm³/mol. The van der Waals surface area contributed by atoms with Gasteiger partial charge >= 0.3 is 0 Å². The molecule has 2 heterocycles. The molecule has 0 radical (unpaired) electrons. The minimum Gasteiger partial charge on any atom is -0.357 e. The van der Waals surface area contributed by atoms with Crippen LogP contribution in [0.1, 0.15) is 30.5 Å². The molecule has 2 aromatic rings. The Morgan fingerprint density at radius 1 is 1.16 bits per heavy atom. The number of piperidine rings is 1. The van der Waals surface area contributed by atoms with Crippen LogP contribution in [0.5, 0.6) is 0 Å². The number of nitrogens with one attached hydrogen (secondary N) is 2. The maximum Gasteiger partial charge on any atom is 0.194 e. The lowest BCUT2D eigenvalue weighted by atomic mass is 10.1. The highest BCUT2D eigenvalue weighted by atomic mass is 16.1. The summed E-state index contributed by atoms with van der Waals surface area (Å²) in [5.74, 6) is 0. The fraction of sp³-hybridized carbons (Fsp3) is 0.550. The largest absolute Gasteiger partial charge is 0.357 e. The summed E-state index contributed by atoms with van der Waals surface area (Å²) in [5, 5.41) is 4.27. The Kier molecular flexibility index (Phi) is 6.24. The quantitative estimate of drug-likeness (QED) is 0.757. The van der Waals surface area contributed by atoms with Gasteiger partial charge in [-0.25, -0.2) is 0 Å². The maximum absolute atomic E-state index is 13.1. The highest BCUT2D eigenvalue weighted by Crippen LogP contribution is 2.16. The van der Waals surface area contributed by atoms with Gasteiger partial charge in [0.2, 0.25) is 0 Å². The van der Waals surface area contributed by atoms with E-state index in [2.05, 4.69) is 34.2 Å². The average Bonchev–Trinajstić information content (AvgIpc) is 2.62. The summed E-state index contributed by atoms with van der Waals surface area (Å²) < 4.78 is 0. The van der Waals surface area contributed by atoms with Crippen molar-refractivity contribution >= 4 is 10.9 Å². The van der Waals surface area contributed by atoms with Crippen molar-refractivity contribution in [3.63, 3.8) is 0 Å². The van der Waals surface area contributed by atoms with Crippen molar-refractivity contribution in [2.24, 2.45) is 0 Å². The van der Waals surface area contributed by atoms with Crippen LogP contribution >= 0.6 is 0 Å². The number of hydrogen-bond donors (Lipinski definition) is 2. The molecular formula is C20H30N4O. The van der Waals surface area contributed by atoms with Gasteiger partial charge in [-0.15, -0.1) is 0 Å². The second-order valence-corrected chi connectivity index (χ2v) is 7.27. The van der Waals surface area contributed by atoms with E-state index in [4.69, 9.17) is 0 Å². The summed E-state index contributed by atoms with van der Waals surface area (Å²) >= 11 is 0. The minimum absolute atomic E-state index is 0.185. The van der Waals surface area contributed by atoms with Gasteiger partial charge in [-0.05, 0) is 52.2 Å². The van der Waals surface area contributed by atoms with Crippen LogP contribution in [0.15, 0.2) is 29.1 Å².